The number of hydrogen-bond acceptors (Lipinski definition) is 4. The molecule has 1 saturated heterocycles. The van der Waals surface area contributed by atoms with Gasteiger partial charge in [0.15, 0.2) is 0 Å². The summed E-state index contributed by atoms with van der Waals surface area (Å²) in [5, 5.41) is 0. The maximum Gasteiger partial charge on any atom is 0.282 e. The van der Waals surface area contributed by atoms with Gasteiger partial charge < -0.3 is 9.64 Å². The number of amides is 2. The van der Waals surface area contributed by atoms with Crippen LogP contribution in [0.25, 0.3) is 5.57 Å². The predicted molar refractivity (Wildman–Crippen MR) is 104 cm³/mol. The van der Waals surface area contributed by atoms with Crippen molar-refractivity contribution in [3.8, 4) is 0 Å². The number of ether oxygens (including phenoxy) is 1. The summed E-state index contributed by atoms with van der Waals surface area (Å²) in [5.41, 5.74) is 4.39. The standard InChI is InChI=1S/C22H22N2O3/c1-15-12-16(2)14-18(13-15)24-21(25)19(17-6-4-3-5-7-17)20(22(24)26)23-8-10-27-11-9-23/h3-7,12-14H,8-11H2,1-2H3. The molecule has 0 saturated carbocycles. The van der Waals surface area contributed by atoms with E-state index >= 15 is 0 Å². The van der Waals surface area contributed by atoms with E-state index in [1.165, 1.54) is 4.90 Å². The molecule has 2 aliphatic rings. The van der Waals surface area contributed by atoms with Crippen molar-refractivity contribution in [3.63, 3.8) is 0 Å². The zero-order chi connectivity index (χ0) is 19.0. The molecule has 4 rings (SSSR count). The van der Waals surface area contributed by atoms with Gasteiger partial charge in [-0.3, -0.25) is 9.59 Å². The van der Waals surface area contributed by atoms with Crippen LogP contribution in [0.4, 0.5) is 5.69 Å². The van der Waals surface area contributed by atoms with Crippen LogP contribution in [0.15, 0.2) is 54.2 Å². The molecule has 2 aliphatic heterocycles. The molecule has 5 nitrogen and oxygen atoms in total. The highest BCUT2D eigenvalue weighted by atomic mass is 16.5. The van der Waals surface area contributed by atoms with Crippen LogP contribution in [-0.2, 0) is 14.3 Å². The van der Waals surface area contributed by atoms with Crippen molar-refractivity contribution in [1.82, 2.24) is 4.90 Å². The monoisotopic (exact) mass is 362 g/mol. The molecule has 0 N–H and O–H groups in total. The molecule has 0 bridgehead atoms. The first-order valence-corrected chi connectivity index (χ1v) is 9.16. The quantitative estimate of drug-likeness (QED) is 0.788. The topological polar surface area (TPSA) is 49.9 Å². The van der Waals surface area contributed by atoms with Crippen LogP contribution < -0.4 is 4.90 Å². The largest absolute Gasteiger partial charge is 0.378 e. The summed E-state index contributed by atoms with van der Waals surface area (Å²) in [5.74, 6) is -0.525. The first-order valence-electron chi connectivity index (χ1n) is 9.16. The average molecular weight is 362 g/mol. The number of benzene rings is 2. The van der Waals surface area contributed by atoms with Crippen molar-refractivity contribution in [1.29, 1.82) is 0 Å². The third-order valence-corrected chi connectivity index (χ3v) is 4.91. The molecule has 0 unspecified atom stereocenters. The molecule has 0 spiro atoms. The third-order valence-electron chi connectivity index (χ3n) is 4.91. The fourth-order valence-corrected chi connectivity index (χ4v) is 3.78. The summed E-state index contributed by atoms with van der Waals surface area (Å²) in [6.45, 7) is 6.25. The highest BCUT2D eigenvalue weighted by molar-refractivity contribution is 6.45. The maximum absolute atomic E-state index is 13.4. The van der Waals surface area contributed by atoms with Crippen LogP contribution in [-0.4, -0.2) is 43.0 Å². The number of carbonyl (C=O) groups excluding carboxylic acids is 2. The zero-order valence-electron chi connectivity index (χ0n) is 15.6. The van der Waals surface area contributed by atoms with Crippen LogP contribution in [0.2, 0.25) is 0 Å². The Morgan fingerprint density at radius 1 is 0.852 bits per heavy atom. The minimum Gasteiger partial charge on any atom is -0.378 e. The molecule has 2 aromatic carbocycles. The summed E-state index contributed by atoms with van der Waals surface area (Å²) in [7, 11) is 0. The number of nitrogens with zero attached hydrogens (tertiary/aromatic N) is 2. The van der Waals surface area contributed by atoms with E-state index in [9.17, 15) is 9.59 Å². The number of hydrogen-bond donors (Lipinski definition) is 0. The Morgan fingerprint density at radius 3 is 2.11 bits per heavy atom. The van der Waals surface area contributed by atoms with Gasteiger partial charge in [0, 0.05) is 13.1 Å². The summed E-state index contributed by atoms with van der Waals surface area (Å²) < 4.78 is 5.43. The van der Waals surface area contributed by atoms with Crippen molar-refractivity contribution in [3.05, 3.63) is 70.9 Å². The second-order valence-electron chi connectivity index (χ2n) is 6.98. The first kappa shape index (κ1) is 17.5. The van der Waals surface area contributed by atoms with Gasteiger partial charge in [0.25, 0.3) is 11.8 Å². The van der Waals surface area contributed by atoms with E-state index < -0.39 is 0 Å². The van der Waals surface area contributed by atoms with Gasteiger partial charge in [-0.2, -0.15) is 0 Å². The van der Waals surface area contributed by atoms with E-state index in [1.54, 1.807) is 0 Å². The molecule has 0 atom stereocenters. The SMILES string of the molecule is Cc1cc(C)cc(N2C(=O)C(c3ccccc3)=C(N3CCOCC3)C2=O)c1. The lowest BCUT2D eigenvalue weighted by molar-refractivity contribution is -0.121. The Balaban J connectivity index is 1.84. The lowest BCUT2D eigenvalue weighted by Gasteiger charge is -2.29. The van der Waals surface area contributed by atoms with Gasteiger partial charge in [0.05, 0.1) is 24.5 Å². The first-order chi connectivity index (χ1) is 13.1. The molecule has 2 heterocycles. The molecule has 27 heavy (non-hydrogen) atoms. The van der Waals surface area contributed by atoms with Crippen molar-refractivity contribution >= 4 is 23.1 Å². The van der Waals surface area contributed by atoms with E-state index in [-0.39, 0.29) is 11.8 Å². The van der Waals surface area contributed by atoms with Gasteiger partial charge in [0.1, 0.15) is 5.70 Å². The number of morpholine rings is 1. The summed E-state index contributed by atoms with van der Waals surface area (Å²) in [4.78, 5) is 30.1. The molecule has 1 fully saturated rings. The van der Waals surface area contributed by atoms with Crippen LogP contribution in [0, 0.1) is 13.8 Å². The number of aryl methyl sites for hydroxylation is 2. The van der Waals surface area contributed by atoms with Gasteiger partial charge in [-0.05, 0) is 42.7 Å². The van der Waals surface area contributed by atoms with E-state index in [0.717, 1.165) is 16.7 Å². The lowest BCUT2D eigenvalue weighted by atomic mass is 10.0. The maximum atomic E-state index is 13.4. The average Bonchev–Trinajstić information content (AvgIpc) is 2.92. The molecule has 2 aromatic rings. The second kappa shape index (κ2) is 7.00. The highest BCUT2D eigenvalue weighted by Gasteiger charge is 2.42. The van der Waals surface area contributed by atoms with E-state index in [1.807, 2.05) is 67.3 Å². The predicted octanol–water partition coefficient (Wildman–Crippen LogP) is 2.92. The van der Waals surface area contributed by atoms with Crippen molar-refractivity contribution in [2.45, 2.75) is 13.8 Å². The van der Waals surface area contributed by atoms with Crippen molar-refractivity contribution in [2.75, 3.05) is 31.2 Å². The van der Waals surface area contributed by atoms with Crippen LogP contribution in [0.3, 0.4) is 0 Å². The second-order valence-corrected chi connectivity index (χ2v) is 6.98. The van der Waals surface area contributed by atoms with Crippen molar-refractivity contribution < 1.29 is 14.3 Å². The Kier molecular flexibility index (Phi) is 4.54. The van der Waals surface area contributed by atoms with Gasteiger partial charge in [-0.1, -0.05) is 36.4 Å². The van der Waals surface area contributed by atoms with E-state index in [4.69, 9.17) is 4.74 Å². The molecule has 0 aromatic heterocycles. The molecular formula is C22H22N2O3. The normalized spacial score (nSPS) is 17.9. The Morgan fingerprint density at radius 2 is 1.48 bits per heavy atom. The summed E-state index contributed by atoms with van der Waals surface area (Å²) in [6.07, 6.45) is 0. The molecule has 138 valence electrons. The fourth-order valence-electron chi connectivity index (χ4n) is 3.78. The number of imide groups is 1. The van der Waals surface area contributed by atoms with Gasteiger partial charge in [0.2, 0.25) is 0 Å². The molecule has 5 heteroatoms. The Labute approximate surface area is 158 Å². The van der Waals surface area contributed by atoms with Crippen molar-refractivity contribution in [2.24, 2.45) is 0 Å². The number of anilines is 1. The molecule has 2 amide bonds. The number of carbonyl (C=O) groups is 2. The van der Waals surface area contributed by atoms with Gasteiger partial charge in [-0.25, -0.2) is 4.90 Å². The van der Waals surface area contributed by atoms with Crippen LogP contribution in [0.5, 0.6) is 0 Å². The van der Waals surface area contributed by atoms with Gasteiger partial charge >= 0.3 is 0 Å². The summed E-state index contributed by atoms with van der Waals surface area (Å²) in [6, 6.07) is 15.2. The third kappa shape index (κ3) is 3.15. The lowest BCUT2D eigenvalue weighted by Crippen LogP contribution is -2.40. The fraction of sp³-hybridized carbons (Fsp3) is 0.273. The van der Waals surface area contributed by atoms with E-state index in [2.05, 4.69) is 0 Å². The molecular weight excluding hydrogens is 340 g/mol. The zero-order valence-corrected chi connectivity index (χ0v) is 15.6. The Hall–Kier alpha value is -2.92. The Bertz CT molecular complexity index is 908. The minimum atomic E-state index is -0.266. The van der Waals surface area contributed by atoms with Gasteiger partial charge in [-0.15, -0.1) is 0 Å². The van der Waals surface area contributed by atoms with E-state index in [0.29, 0.717) is 43.3 Å². The molecule has 0 aliphatic carbocycles. The smallest absolute Gasteiger partial charge is 0.282 e. The van der Waals surface area contributed by atoms with Crippen LogP contribution in [0.1, 0.15) is 16.7 Å². The van der Waals surface area contributed by atoms with Crippen LogP contribution >= 0.6 is 0 Å². The molecule has 0 radical (unpaired) electrons. The summed E-state index contributed by atoms with van der Waals surface area (Å²) >= 11 is 0. The number of rotatable bonds is 3. The minimum absolute atomic E-state index is 0.259. The highest BCUT2D eigenvalue weighted by Crippen LogP contribution is 2.35.